The van der Waals surface area contributed by atoms with Crippen molar-refractivity contribution >= 4 is 41.5 Å². The highest BCUT2D eigenvalue weighted by atomic mass is 16.4. The number of hydrogen-bond donors (Lipinski definition) is 9. The summed E-state index contributed by atoms with van der Waals surface area (Å²) in [6, 6.07) is 2.73. The quantitative estimate of drug-likeness (QED) is 0.0446. The maximum atomic E-state index is 13.6. The van der Waals surface area contributed by atoms with E-state index in [4.69, 9.17) is 17.2 Å². The van der Waals surface area contributed by atoms with Crippen LogP contribution in [0, 0.1) is 11.8 Å². The van der Waals surface area contributed by atoms with Gasteiger partial charge in [-0.2, -0.15) is 0 Å². The fourth-order valence-corrected chi connectivity index (χ4v) is 4.45. The third-order valence-electron chi connectivity index (χ3n) is 7.12. The van der Waals surface area contributed by atoms with Gasteiger partial charge in [-0.05, 0) is 43.1 Å². The first kappa shape index (κ1) is 40.3. The molecule has 0 aliphatic carbocycles. The Hall–Kier alpha value is -4.73. The van der Waals surface area contributed by atoms with Crippen LogP contribution in [0.4, 0.5) is 0 Å². The van der Waals surface area contributed by atoms with Crippen LogP contribution in [0.1, 0.15) is 65.4 Å². The Morgan fingerprint density at radius 3 is 1.77 bits per heavy atom. The molecule has 4 amide bonds. The molecule has 1 aromatic carbocycles. The summed E-state index contributed by atoms with van der Waals surface area (Å²) in [4.78, 5) is 80.1. The summed E-state index contributed by atoms with van der Waals surface area (Å²) >= 11 is 0. The van der Waals surface area contributed by atoms with Crippen LogP contribution < -0.4 is 38.5 Å². The Labute approximate surface area is 274 Å². The van der Waals surface area contributed by atoms with Crippen molar-refractivity contribution < 1.29 is 39.0 Å². The predicted octanol–water partition coefficient (Wildman–Crippen LogP) is -0.799. The minimum Gasteiger partial charge on any atom is -0.481 e. The van der Waals surface area contributed by atoms with Crippen molar-refractivity contribution in [2.75, 3.05) is 6.54 Å². The molecule has 12 N–H and O–H groups in total. The molecule has 47 heavy (non-hydrogen) atoms. The van der Waals surface area contributed by atoms with Gasteiger partial charge in [0.1, 0.15) is 24.2 Å². The minimum absolute atomic E-state index is 0.00122. The molecular formula is C31H50N8O8. The largest absolute Gasteiger partial charge is 0.481 e. The van der Waals surface area contributed by atoms with Gasteiger partial charge in [-0.25, -0.2) is 4.79 Å². The number of amides is 4. The number of carbonyl (C=O) groups is 6. The van der Waals surface area contributed by atoms with E-state index in [0.717, 1.165) is 0 Å². The van der Waals surface area contributed by atoms with Crippen molar-refractivity contribution in [3.8, 4) is 0 Å². The first-order valence-corrected chi connectivity index (χ1v) is 15.5. The van der Waals surface area contributed by atoms with Crippen molar-refractivity contribution in [2.45, 2.75) is 96.4 Å². The van der Waals surface area contributed by atoms with Crippen LogP contribution in [0.3, 0.4) is 0 Å². The monoisotopic (exact) mass is 662 g/mol. The molecule has 0 radical (unpaired) electrons. The van der Waals surface area contributed by atoms with Gasteiger partial charge < -0.3 is 48.7 Å². The maximum absolute atomic E-state index is 13.6. The van der Waals surface area contributed by atoms with Gasteiger partial charge in [-0.1, -0.05) is 58.0 Å². The van der Waals surface area contributed by atoms with E-state index in [1.54, 1.807) is 44.2 Å². The third-order valence-corrected chi connectivity index (χ3v) is 7.12. The Morgan fingerprint density at radius 1 is 0.745 bits per heavy atom. The first-order chi connectivity index (χ1) is 22.0. The lowest BCUT2D eigenvalue weighted by atomic mass is 10.0. The minimum atomic E-state index is -1.33. The van der Waals surface area contributed by atoms with E-state index in [1.807, 2.05) is 13.8 Å². The molecule has 0 saturated heterocycles. The summed E-state index contributed by atoms with van der Waals surface area (Å²) in [5.41, 5.74) is 17.4. The molecule has 262 valence electrons. The van der Waals surface area contributed by atoms with Crippen LogP contribution >= 0.6 is 0 Å². The first-order valence-electron chi connectivity index (χ1n) is 15.5. The molecule has 0 aliphatic heterocycles. The van der Waals surface area contributed by atoms with Gasteiger partial charge in [0.25, 0.3) is 0 Å². The van der Waals surface area contributed by atoms with Crippen LogP contribution in [-0.2, 0) is 35.2 Å². The number of guanidine groups is 1. The van der Waals surface area contributed by atoms with Crippen LogP contribution in [0.15, 0.2) is 35.3 Å². The average molecular weight is 663 g/mol. The number of aliphatic imine (C=N–C) groups is 1. The summed E-state index contributed by atoms with van der Waals surface area (Å²) in [6.07, 6.45) is -0.357. The molecular weight excluding hydrogens is 612 g/mol. The molecule has 0 aliphatic rings. The van der Waals surface area contributed by atoms with Gasteiger partial charge in [0.2, 0.25) is 23.6 Å². The van der Waals surface area contributed by atoms with Crippen molar-refractivity contribution in [1.29, 1.82) is 0 Å². The summed E-state index contributed by atoms with van der Waals surface area (Å²) < 4.78 is 0. The summed E-state index contributed by atoms with van der Waals surface area (Å²) in [5, 5.41) is 29.1. The number of carboxylic acids is 2. The van der Waals surface area contributed by atoms with Gasteiger partial charge in [0.05, 0.1) is 6.04 Å². The van der Waals surface area contributed by atoms with Gasteiger partial charge in [0.15, 0.2) is 5.96 Å². The van der Waals surface area contributed by atoms with E-state index in [2.05, 4.69) is 26.3 Å². The number of carbonyl (C=O) groups excluding carboxylic acids is 4. The number of nitrogens with one attached hydrogen (secondary N) is 4. The fourth-order valence-electron chi connectivity index (χ4n) is 4.45. The van der Waals surface area contributed by atoms with Crippen LogP contribution in [0.2, 0.25) is 0 Å². The summed E-state index contributed by atoms with van der Waals surface area (Å²) in [5.74, 6) is -6.00. The number of nitrogens with zero attached hydrogens (tertiary/aromatic N) is 1. The maximum Gasteiger partial charge on any atom is 0.326 e. The molecule has 1 aromatic rings. The van der Waals surface area contributed by atoms with Gasteiger partial charge in [0, 0.05) is 19.4 Å². The Balaban J connectivity index is 3.24. The lowest BCUT2D eigenvalue weighted by Crippen LogP contribution is -2.59. The van der Waals surface area contributed by atoms with Crippen molar-refractivity contribution in [1.82, 2.24) is 21.3 Å². The third kappa shape index (κ3) is 15.9. The second-order valence-electron chi connectivity index (χ2n) is 12.1. The topological polar surface area (TPSA) is 281 Å². The average Bonchev–Trinajstić information content (AvgIpc) is 2.99. The van der Waals surface area contributed by atoms with Gasteiger partial charge >= 0.3 is 11.9 Å². The summed E-state index contributed by atoms with van der Waals surface area (Å²) in [6.45, 7) is 7.16. The van der Waals surface area contributed by atoms with E-state index in [9.17, 15) is 39.0 Å². The van der Waals surface area contributed by atoms with Gasteiger partial charge in [-0.3, -0.25) is 29.0 Å². The number of rotatable bonds is 21. The second kappa shape index (κ2) is 20.4. The molecule has 5 atom stereocenters. The highest BCUT2D eigenvalue weighted by Gasteiger charge is 2.32. The molecule has 16 nitrogen and oxygen atoms in total. The number of carboxylic acid groups (broad SMARTS) is 2. The zero-order valence-corrected chi connectivity index (χ0v) is 27.4. The van der Waals surface area contributed by atoms with Crippen LogP contribution in [-0.4, -0.2) is 88.5 Å². The smallest absolute Gasteiger partial charge is 0.326 e. The Morgan fingerprint density at radius 2 is 1.26 bits per heavy atom. The van der Waals surface area contributed by atoms with E-state index in [1.165, 1.54) is 0 Å². The Bertz CT molecular complexity index is 1240. The molecule has 0 heterocycles. The standard InChI is InChI=1S/C31H50N8O8/c1-17(2)15-22(28(44)39-23(30(46)47)16-19-9-6-5-7-10-19)38-26(42)20(11-8-14-35-31(33)34)36-27(43)21(12-13-24(40)41)37-29(45)25(32)18(3)4/h5-7,9-10,17-18,20-23,25H,8,11-16,32H2,1-4H3,(H,36,43)(H,37,45)(H,38,42)(H,39,44)(H,40,41)(H,46,47)(H4,33,34,35)/t20-,21-,22-,23-,25-/m0/s1. The number of benzene rings is 1. The van der Waals surface area contributed by atoms with E-state index in [0.29, 0.717) is 5.56 Å². The molecule has 0 aromatic heterocycles. The summed E-state index contributed by atoms with van der Waals surface area (Å²) in [7, 11) is 0. The molecule has 0 spiro atoms. The molecule has 0 saturated carbocycles. The van der Waals surface area contributed by atoms with E-state index < -0.39 is 72.2 Å². The van der Waals surface area contributed by atoms with Gasteiger partial charge in [-0.15, -0.1) is 0 Å². The van der Waals surface area contributed by atoms with Crippen molar-refractivity contribution in [3.63, 3.8) is 0 Å². The molecule has 0 fully saturated rings. The number of aliphatic carboxylic acids is 2. The normalized spacial score (nSPS) is 14.2. The number of hydrogen-bond acceptors (Lipinski definition) is 8. The van der Waals surface area contributed by atoms with Crippen LogP contribution in [0.5, 0.6) is 0 Å². The lowest BCUT2D eigenvalue weighted by molar-refractivity contribution is -0.142. The van der Waals surface area contributed by atoms with Crippen LogP contribution in [0.25, 0.3) is 0 Å². The SMILES string of the molecule is CC(C)C[C@H](NC(=O)[C@H](CCCN=C(N)N)NC(=O)[C@H](CCC(=O)O)NC(=O)[C@@H](N)C(C)C)C(=O)N[C@@H](Cc1ccccc1)C(=O)O. The zero-order valence-electron chi connectivity index (χ0n) is 27.4. The van der Waals surface area contributed by atoms with E-state index in [-0.39, 0.29) is 56.4 Å². The highest BCUT2D eigenvalue weighted by Crippen LogP contribution is 2.10. The van der Waals surface area contributed by atoms with Crippen molar-refractivity contribution in [2.24, 2.45) is 34.0 Å². The Kier molecular flexibility index (Phi) is 17.5. The molecule has 0 unspecified atom stereocenters. The predicted molar refractivity (Wildman–Crippen MR) is 175 cm³/mol. The molecule has 1 rings (SSSR count). The van der Waals surface area contributed by atoms with E-state index >= 15 is 0 Å². The molecule has 0 bridgehead atoms. The highest BCUT2D eigenvalue weighted by molar-refractivity contribution is 5.95. The van der Waals surface area contributed by atoms with Crippen molar-refractivity contribution in [3.05, 3.63) is 35.9 Å². The number of nitrogens with two attached hydrogens (primary N) is 3. The molecule has 16 heteroatoms. The fraction of sp³-hybridized carbons (Fsp3) is 0.581. The zero-order chi connectivity index (χ0) is 35.7. The lowest BCUT2D eigenvalue weighted by Gasteiger charge is -2.27. The second-order valence-corrected chi connectivity index (χ2v) is 12.1.